The number of hydrogen-bond acceptors (Lipinski definition) is 3. The molecule has 0 bridgehead atoms. The highest BCUT2D eigenvalue weighted by Gasteiger charge is 2.39. The normalized spacial score (nSPS) is 12.4. The van der Waals surface area contributed by atoms with Crippen molar-refractivity contribution in [2.24, 2.45) is 0 Å². The summed E-state index contributed by atoms with van der Waals surface area (Å²) in [7, 11) is 3.27. The molecule has 0 aliphatic heterocycles. The summed E-state index contributed by atoms with van der Waals surface area (Å²) in [4.78, 5) is 0. The molecule has 0 saturated heterocycles. The number of para-hydroxylation sites is 2. The molecule has 3 aromatic carbocycles. The van der Waals surface area contributed by atoms with E-state index in [4.69, 9.17) is 9.47 Å². The van der Waals surface area contributed by atoms with E-state index in [1.807, 2.05) is 66.7 Å². The second-order valence-electron chi connectivity index (χ2n) is 6.98. The Labute approximate surface area is 167 Å². The molecule has 0 saturated carbocycles. The highest BCUT2D eigenvalue weighted by Crippen LogP contribution is 2.46. The van der Waals surface area contributed by atoms with Gasteiger partial charge in [-0.25, -0.2) is 0 Å². The van der Waals surface area contributed by atoms with Crippen LogP contribution in [0.4, 0.5) is 0 Å². The molecule has 1 atom stereocenters. The first kappa shape index (κ1) is 20.0. The number of methoxy groups -OCH3 is 2. The van der Waals surface area contributed by atoms with Gasteiger partial charge in [0.15, 0.2) is 0 Å². The zero-order chi connectivity index (χ0) is 20.0. The first-order valence-corrected chi connectivity index (χ1v) is 9.68. The summed E-state index contributed by atoms with van der Waals surface area (Å²) in [6.45, 7) is 2.16. The van der Waals surface area contributed by atoms with Crippen LogP contribution >= 0.6 is 0 Å². The summed E-state index contributed by atoms with van der Waals surface area (Å²) in [6, 6.07) is 25.7. The number of benzene rings is 3. The van der Waals surface area contributed by atoms with Crippen LogP contribution in [-0.4, -0.2) is 19.3 Å². The summed E-state index contributed by atoms with van der Waals surface area (Å²) in [6.07, 6.45) is 1.44. The van der Waals surface area contributed by atoms with Gasteiger partial charge in [-0.05, 0) is 36.5 Å². The molecule has 0 aliphatic carbocycles. The number of hydrogen-bond donors (Lipinski definition) is 1. The Morgan fingerprint density at radius 2 is 1.21 bits per heavy atom. The summed E-state index contributed by atoms with van der Waals surface area (Å²) < 4.78 is 11.2. The smallest absolute Gasteiger partial charge is 0.125 e. The van der Waals surface area contributed by atoms with Crippen LogP contribution in [-0.2, 0) is 5.60 Å². The van der Waals surface area contributed by atoms with Gasteiger partial charge in [-0.15, -0.1) is 0 Å². The molecule has 1 N–H and O–H groups in total. The quantitative estimate of drug-likeness (QED) is 0.562. The second kappa shape index (κ2) is 8.94. The Morgan fingerprint density at radius 1 is 0.750 bits per heavy atom. The van der Waals surface area contributed by atoms with E-state index in [0.29, 0.717) is 17.9 Å². The molecule has 3 nitrogen and oxygen atoms in total. The zero-order valence-corrected chi connectivity index (χ0v) is 16.8. The number of aliphatic hydroxyl groups is 1. The van der Waals surface area contributed by atoms with E-state index in [0.717, 1.165) is 17.5 Å². The van der Waals surface area contributed by atoms with Crippen molar-refractivity contribution in [1.82, 2.24) is 0 Å². The Hall–Kier alpha value is -2.78. The first-order chi connectivity index (χ1) is 13.6. The third-order valence-electron chi connectivity index (χ3n) is 5.41. The van der Waals surface area contributed by atoms with E-state index in [2.05, 4.69) is 19.1 Å². The minimum Gasteiger partial charge on any atom is -0.496 e. The van der Waals surface area contributed by atoms with Crippen molar-refractivity contribution in [2.45, 2.75) is 31.3 Å². The molecule has 0 aromatic heterocycles. The number of ether oxygens (including phenoxy) is 2. The van der Waals surface area contributed by atoms with Crippen LogP contribution in [0.2, 0.25) is 0 Å². The molecule has 0 fully saturated rings. The van der Waals surface area contributed by atoms with Gasteiger partial charge in [-0.3, -0.25) is 0 Å². The minimum atomic E-state index is -1.25. The minimum absolute atomic E-state index is 0.182. The van der Waals surface area contributed by atoms with Crippen LogP contribution in [0, 0.1) is 0 Å². The lowest BCUT2D eigenvalue weighted by atomic mass is 9.76. The molecule has 3 aromatic rings. The van der Waals surface area contributed by atoms with Crippen LogP contribution in [0.5, 0.6) is 11.5 Å². The van der Waals surface area contributed by atoms with Gasteiger partial charge >= 0.3 is 0 Å². The number of rotatable bonds is 8. The largest absolute Gasteiger partial charge is 0.496 e. The Balaban J connectivity index is 2.17. The SMILES string of the molecule is CC[C@H](CC(O)(c1ccccc1OC)c1ccccc1OC)c1ccccc1. The van der Waals surface area contributed by atoms with Crippen molar-refractivity contribution in [3.63, 3.8) is 0 Å². The lowest BCUT2D eigenvalue weighted by Crippen LogP contribution is -2.31. The van der Waals surface area contributed by atoms with Crippen LogP contribution in [0.1, 0.15) is 42.4 Å². The molecule has 146 valence electrons. The van der Waals surface area contributed by atoms with Gasteiger partial charge in [0, 0.05) is 11.1 Å². The fourth-order valence-electron chi connectivity index (χ4n) is 3.92. The van der Waals surface area contributed by atoms with Crippen molar-refractivity contribution in [3.8, 4) is 11.5 Å². The lowest BCUT2D eigenvalue weighted by molar-refractivity contribution is 0.0570. The average Bonchev–Trinajstić information content (AvgIpc) is 2.77. The van der Waals surface area contributed by atoms with E-state index < -0.39 is 5.60 Å². The van der Waals surface area contributed by atoms with E-state index in [1.165, 1.54) is 5.56 Å². The molecular weight excluding hydrogens is 348 g/mol. The first-order valence-electron chi connectivity index (χ1n) is 9.68. The molecule has 0 amide bonds. The van der Waals surface area contributed by atoms with Gasteiger partial charge in [-0.1, -0.05) is 73.7 Å². The van der Waals surface area contributed by atoms with Crippen LogP contribution < -0.4 is 9.47 Å². The summed E-state index contributed by atoms with van der Waals surface area (Å²) in [5.74, 6) is 1.51. The lowest BCUT2D eigenvalue weighted by Gasteiger charge is -2.35. The topological polar surface area (TPSA) is 38.7 Å². The predicted octanol–water partition coefficient (Wildman–Crippen LogP) is 5.52. The third kappa shape index (κ3) is 3.90. The highest BCUT2D eigenvalue weighted by molar-refractivity contribution is 5.50. The molecule has 0 radical (unpaired) electrons. The Bertz CT molecular complexity index is 842. The van der Waals surface area contributed by atoms with Crippen molar-refractivity contribution in [2.75, 3.05) is 14.2 Å². The van der Waals surface area contributed by atoms with E-state index >= 15 is 0 Å². The van der Waals surface area contributed by atoms with Gasteiger partial charge in [0.2, 0.25) is 0 Å². The van der Waals surface area contributed by atoms with Crippen molar-refractivity contribution in [3.05, 3.63) is 95.6 Å². The standard InChI is InChI=1S/C25H28O3/c1-4-19(20-12-6-5-7-13-20)18-25(26,21-14-8-10-16-23(21)27-2)22-15-9-11-17-24(22)28-3/h5-17,19,26H,4,18H2,1-3H3/t19-/m1/s1. The monoisotopic (exact) mass is 376 g/mol. The molecule has 0 unspecified atom stereocenters. The zero-order valence-electron chi connectivity index (χ0n) is 16.8. The fraction of sp³-hybridized carbons (Fsp3) is 0.280. The van der Waals surface area contributed by atoms with Gasteiger partial charge in [0.05, 0.1) is 14.2 Å². The van der Waals surface area contributed by atoms with Crippen LogP contribution in [0.3, 0.4) is 0 Å². The van der Waals surface area contributed by atoms with Gasteiger partial charge in [-0.2, -0.15) is 0 Å². The predicted molar refractivity (Wildman–Crippen MR) is 113 cm³/mol. The molecule has 0 aliphatic rings. The van der Waals surface area contributed by atoms with E-state index in [9.17, 15) is 5.11 Å². The fourth-order valence-corrected chi connectivity index (χ4v) is 3.92. The van der Waals surface area contributed by atoms with Crippen LogP contribution in [0.25, 0.3) is 0 Å². The van der Waals surface area contributed by atoms with Crippen molar-refractivity contribution >= 4 is 0 Å². The van der Waals surface area contributed by atoms with E-state index in [1.54, 1.807) is 14.2 Å². The second-order valence-corrected chi connectivity index (χ2v) is 6.98. The highest BCUT2D eigenvalue weighted by atomic mass is 16.5. The molecular formula is C25H28O3. The summed E-state index contributed by atoms with van der Waals surface area (Å²) in [5, 5.41) is 12.2. The van der Waals surface area contributed by atoms with Gasteiger partial charge in [0.25, 0.3) is 0 Å². The molecule has 3 heteroatoms. The maximum Gasteiger partial charge on any atom is 0.125 e. The summed E-state index contributed by atoms with van der Waals surface area (Å²) in [5.41, 5.74) is 1.46. The van der Waals surface area contributed by atoms with Crippen molar-refractivity contribution in [1.29, 1.82) is 0 Å². The van der Waals surface area contributed by atoms with Crippen molar-refractivity contribution < 1.29 is 14.6 Å². The van der Waals surface area contributed by atoms with Gasteiger partial charge < -0.3 is 14.6 Å². The Kier molecular flexibility index (Phi) is 6.37. The maximum absolute atomic E-state index is 12.2. The molecule has 28 heavy (non-hydrogen) atoms. The molecule has 0 heterocycles. The average molecular weight is 376 g/mol. The molecule has 0 spiro atoms. The Morgan fingerprint density at radius 3 is 1.68 bits per heavy atom. The third-order valence-corrected chi connectivity index (χ3v) is 5.41. The summed E-state index contributed by atoms with van der Waals surface area (Å²) >= 11 is 0. The maximum atomic E-state index is 12.2. The van der Waals surface area contributed by atoms with Crippen LogP contribution in [0.15, 0.2) is 78.9 Å². The van der Waals surface area contributed by atoms with Gasteiger partial charge in [0.1, 0.15) is 17.1 Å². The van der Waals surface area contributed by atoms with E-state index in [-0.39, 0.29) is 5.92 Å². The molecule has 3 rings (SSSR count).